The molecule has 0 heterocycles. The zero-order valence-electron chi connectivity index (χ0n) is 9.99. The molecule has 0 saturated heterocycles. The Labute approximate surface area is 102 Å². The summed E-state index contributed by atoms with van der Waals surface area (Å²) in [4.78, 5) is 0. The maximum atomic E-state index is 9.08. The Morgan fingerprint density at radius 2 is 1.59 bits per heavy atom. The molecule has 0 bridgehead atoms. The van der Waals surface area contributed by atoms with Crippen molar-refractivity contribution in [3.8, 4) is 6.07 Å². The van der Waals surface area contributed by atoms with E-state index in [0.717, 1.165) is 16.9 Å². The van der Waals surface area contributed by atoms with Gasteiger partial charge in [-0.15, -0.1) is 0 Å². The summed E-state index contributed by atoms with van der Waals surface area (Å²) >= 11 is 0. The fraction of sp³-hybridized carbons (Fsp3) is 0.133. The smallest absolute Gasteiger partial charge is 0.101 e. The van der Waals surface area contributed by atoms with Gasteiger partial charge in [0.05, 0.1) is 11.3 Å². The van der Waals surface area contributed by atoms with Crippen molar-refractivity contribution in [2.75, 3.05) is 5.32 Å². The molecule has 0 aromatic heterocycles. The minimum absolute atomic E-state index is 0.672. The molecule has 0 atom stereocenters. The molecule has 2 rings (SSSR count). The number of hydrogen-bond acceptors (Lipinski definition) is 2. The second-order valence-corrected chi connectivity index (χ2v) is 4.15. The maximum Gasteiger partial charge on any atom is 0.101 e. The molecular weight excluding hydrogens is 208 g/mol. The Kier molecular flexibility index (Phi) is 3.11. The van der Waals surface area contributed by atoms with Crippen molar-refractivity contribution in [3.05, 3.63) is 59.2 Å². The summed E-state index contributed by atoms with van der Waals surface area (Å²) in [5.41, 5.74) is 4.83. The average molecular weight is 222 g/mol. The third-order valence-corrected chi connectivity index (χ3v) is 2.63. The van der Waals surface area contributed by atoms with E-state index in [4.69, 9.17) is 5.26 Å². The first-order valence-corrected chi connectivity index (χ1v) is 5.53. The van der Waals surface area contributed by atoms with Gasteiger partial charge in [-0.25, -0.2) is 0 Å². The van der Waals surface area contributed by atoms with Crippen molar-refractivity contribution >= 4 is 11.4 Å². The normalized spacial score (nSPS) is 9.71. The van der Waals surface area contributed by atoms with Crippen LogP contribution in [0.2, 0.25) is 0 Å². The van der Waals surface area contributed by atoms with Gasteiger partial charge in [0, 0.05) is 5.69 Å². The highest BCUT2D eigenvalue weighted by atomic mass is 14.9. The number of benzene rings is 2. The first kappa shape index (κ1) is 11.2. The van der Waals surface area contributed by atoms with Gasteiger partial charge in [-0.2, -0.15) is 5.26 Å². The van der Waals surface area contributed by atoms with E-state index in [1.54, 1.807) is 0 Å². The molecule has 0 unspecified atom stereocenters. The van der Waals surface area contributed by atoms with Crippen molar-refractivity contribution in [2.45, 2.75) is 13.8 Å². The van der Waals surface area contributed by atoms with Crippen LogP contribution in [0.15, 0.2) is 42.5 Å². The third-order valence-electron chi connectivity index (χ3n) is 2.63. The number of nitrogens with zero attached hydrogens (tertiary/aromatic N) is 1. The van der Waals surface area contributed by atoms with Gasteiger partial charge in [0.2, 0.25) is 0 Å². The van der Waals surface area contributed by atoms with Crippen molar-refractivity contribution in [2.24, 2.45) is 0 Å². The molecule has 2 heteroatoms. The number of hydrogen-bond donors (Lipinski definition) is 1. The molecular formula is C15H14N2. The van der Waals surface area contributed by atoms with Gasteiger partial charge in [-0.05, 0) is 43.7 Å². The second-order valence-electron chi connectivity index (χ2n) is 4.15. The fourth-order valence-electron chi connectivity index (χ4n) is 1.65. The van der Waals surface area contributed by atoms with Crippen LogP contribution in [-0.4, -0.2) is 0 Å². The van der Waals surface area contributed by atoms with Crippen LogP contribution in [0.4, 0.5) is 11.4 Å². The predicted octanol–water partition coefficient (Wildman–Crippen LogP) is 3.92. The van der Waals surface area contributed by atoms with Crippen LogP contribution in [0.25, 0.3) is 0 Å². The maximum absolute atomic E-state index is 9.08. The SMILES string of the molecule is Cc1ccc(Nc2ccc(C)cc2C#N)cc1. The van der Waals surface area contributed by atoms with Crippen molar-refractivity contribution < 1.29 is 0 Å². The molecule has 0 saturated carbocycles. The van der Waals surface area contributed by atoms with Gasteiger partial charge >= 0.3 is 0 Å². The zero-order chi connectivity index (χ0) is 12.3. The molecule has 17 heavy (non-hydrogen) atoms. The van der Waals surface area contributed by atoms with Gasteiger partial charge < -0.3 is 5.32 Å². The van der Waals surface area contributed by atoms with Gasteiger partial charge in [-0.3, -0.25) is 0 Å². The van der Waals surface area contributed by atoms with Crippen LogP contribution in [0.5, 0.6) is 0 Å². The zero-order valence-corrected chi connectivity index (χ0v) is 9.99. The first-order chi connectivity index (χ1) is 8.19. The van der Waals surface area contributed by atoms with Crippen LogP contribution in [0, 0.1) is 25.2 Å². The lowest BCUT2D eigenvalue weighted by Gasteiger charge is -2.09. The van der Waals surface area contributed by atoms with Gasteiger partial charge in [0.1, 0.15) is 6.07 Å². The number of aryl methyl sites for hydroxylation is 2. The minimum atomic E-state index is 0.672. The Hall–Kier alpha value is -2.27. The monoisotopic (exact) mass is 222 g/mol. The quantitative estimate of drug-likeness (QED) is 0.836. The van der Waals surface area contributed by atoms with E-state index in [2.05, 4.69) is 18.3 Å². The lowest BCUT2D eigenvalue weighted by molar-refractivity contribution is 1.40. The summed E-state index contributed by atoms with van der Waals surface area (Å²) in [6, 6.07) is 16.1. The summed E-state index contributed by atoms with van der Waals surface area (Å²) in [6.07, 6.45) is 0. The average Bonchev–Trinajstić information content (AvgIpc) is 2.34. The van der Waals surface area contributed by atoms with E-state index in [0.29, 0.717) is 5.56 Å². The lowest BCUT2D eigenvalue weighted by Crippen LogP contribution is -1.94. The van der Waals surface area contributed by atoms with E-state index >= 15 is 0 Å². The number of nitriles is 1. The second kappa shape index (κ2) is 4.71. The third kappa shape index (κ3) is 2.64. The molecule has 0 aliphatic rings. The first-order valence-electron chi connectivity index (χ1n) is 5.53. The Bertz CT molecular complexity index is 562. The van der Waals surface area contributed by atoms with Gasteiger partial charge in [0.25, 0.3) is 0 Å². The molecule has 0 radical (unpaired) electrons. The fourth-order valence-corrected chi connectivity index (χ4v) is 1.65. The number of nitrogens with one attached hydrogen (secondary N) is 1. The predicted molar refractivity (Wildman–Crippen MR) is 70.4 cm³/mol. The molecule has 0 spiro atoms. The Balaban J connectivity index is 2.30. The highest BCUT2D eigenvalue weighted by Crippen LogP contribution is 2.21. The van der Waals surface area contributed by atoms with Gasteiger partial charge in [-0.1, -0.05) is 23.8 Å². The molecule has 2 aromatic rings. The molecule has 0 fully saturated rings. The molecule has 2 nitrogen and oxygen atoms in total. The number of rotatable bonds is 2. The summed E-state index contributed by atoms with van der Waals surface area (Å²) < 4.78 is 0. The van der Waals surface area contributed by atoms with Crippen LogP contribution >= 0.6 is 0 Å². The topological polar surface area (TPSA) is 35.8 Å². The Morgan fingerprint density at radius 1 is 0.941 bits per heavy atom. The summed E-state index contributed by atoms with van der Waals surface area (Å²) in [5, 5.41) is 12.3. The molecule has 0 amide bonds. The van der Waals surface area contributed by atoms with Crippen molar-refractivity contribution in [1.82, 2.24) is 0 Å². The van der Waals surface area contributed by atoms with E-state index in [9.17, 15) is 0 Å². The van der Waals surface area contributed by atoms with Crippen molar-refractivity contribution in [1.29, 1.82) is 5.26 Å². The minimum Gasteiger partial charge on any atom is -0.354 e. The molecule has 0 aliphatic carbocycles. The molecule has 0 aliphatic heterocycles. The Morgan fingerprint density at radius 3 is 2.24 bits per heavy atom. The van der Waals surface area contributed by atoms with E-state index in [1.807, 2.05) is 49.4 Å². The summed E-state index contributed by atoms with van der Waals surface area (Å²) in [6.45, 7) is 4.03. The van der Waals surface area contributed by atoms with Gasteiger partial charge in [0.15, 0.2) is 0 Å². The van der Waals surface area contributed by atoms with Crippen LogP contribution in [0.1, 0.15) is 16.7 Å². The van der Waals surface area contributed by atoms with Crippen LogP contribution in [-0.2, 0) is 0 Å². The lowest BCUT2D eigenvalue weighted by atomic mass is 10.1. The number of anilines is 2. The van der Waals surface area contributed by atoms with Crippen LogP contribution in [0.3, 0.4) is 0 Å². The molecule has 1 N–H and O–H groups in total. The highest BCUT2D eigenvalue weighted by molar-refractivity contribution is 5.67. The largest absolute Gasteiger partial charge is 0.354 e. The van der Waals surface area contributed by atoms with Crippen LogP contribution < -0.4 is 5.32 Å². The molecule has 2 aromatic carbocycles. The van der Waals surface area contributed by atoms with E-state index in [-0.39, 0.29) is 0 Å². The van der Waals surface area contributed by atoms with E-state index in [1.165, 1.54) is 5.56 Å². The highest BCUT2D eigenvalue weighted by Gasteiger charge is 2.02. The summed E-state index contributed by atoms with van der Waals surface area (Å²) in [7, 11) is 0. The van der Waals surface area contributed by atoms with E-state index < -0.39 is 0 Å². The summed E-state index contributed by atoms with van der Waals surface area (Å²) in [5.74, 6) is 0. The standard InChI is InChI=1S/C15H14N2/c1-11-3-6-14(7-4-11)17-15-8-5-12(2)9-13(15)10-16/h3-9,17H,1-2H3. The molecule has 84 valence electrons. The van der Waals surface area contributed by atoms with Crippen molar-refractivity contribution in [3.63, 3.8) is 0 Å².